The molecule has 0 fully saturated rings. The number of amides is 1. The molecule has 6 nitrogen and oxygen atoms in total. The summed E-state index contributed by atoms with van der Waals surface area (Å²) in [5.74, 6) is -0.997. The number of carbonyl (C=O) groups is 3. The van der Waals surface area contributed by atoms with Crippen molar-refractivity contribution in [3.8, 4) is 0 Å². The molecule has 0 aliphatic heterocycles. The van der Waals surface area contributed by atoms with Crippen LogP contribution in [0.5, 0.6) is 0 Å². The lowest BCUT2D eigenvalue weighted by molar-refractivity contribution is -0.115. The van der Waals surface area contributed by atoms with Gasteiger partial charge in [0.1, 0.15) is 0 Å². The van der Waals surface area contributed by atoms with Gasteiger partial charge in [0.2, 0.25) is 5.91 Å². The van der Waals surface area contributed by atoms with Crippen LogP contribution in [0.3, 0.4) is 0 Å². The number of anilines is 1. The molecular weight excluding hydrogens is 296 g/mol. The zero-order valence-electron chi connectivity index (χ0n) is 12.6. The SMILES string of the molecule is CCC(=O)Nc1ccc(C(=O)COC(=O)c2ccncc2)cc1. The second-order valence-corrected chi connectivity index (χ2v) is 4.71. The standard InChI is InChI=1S/C17H16N2O4/c1-2-16(21)19-14-5-3-12(4-6-14)15(20)11-23-17(22)13-7-9-18-10-8-13/h3-10H,2,11H2,1H3,(H,19,21). The van der Waals surface area contributed by atoms with Crippen LogP contribution in [0.4, 0.5) is 5.69 Å². The van der Waals surface area contributed by atoms with Crippen LogP contribution in [0.25, 0.3) is 0 Å². The molecule has 1 aromatic carbocycles. The lowest BCUT2D eigenvalue weighted by Crippen LogP contribution is -2.14. The molecule has 1 heterocycles. The first kappa shape index (κ1) is 16.4. The summed E-state index contributed by atoms with van der Waals surface area (Å²) in [5, 5.41) is 2.69. The summed E-state index contributed by atoms with van der Waals surface area (Å²) >= 11 is 0. The maximum atomic E-state index is 12.0. The molecule has 0 atom stereocenters. The molecule has 0 radical (unpaired) electrons. The first-order chi connectivity index (χ1) is 11.1. The zero-order chi connectivity index (χ0) is 16.7. The summed E-state index contributed by atoms with van der Waals surface area (Å²) in [6.45, 7) is 1.41. The van der Waals surface area contributed by atoms with Crippen LogP contribution >= 0.6 is 0 Å². The highest BCUT2D eigenvalue weighted by Crippen LogP contribution is 2.11. The largest absolute Gasteiger partial charge is 0.454 e. The molecule has 0 saturated heterocycles. The Hall–Kier alpha value is -3.02. The van der Waals surface area contributed by atoms with Crippen molar-refractivity contribution >= 4 is 23.3 Å². The van der Waals surface area contributed by atoms with Crippen LogP contribution in [0.1, 0.15) is 34.1 Å². The summed E-state index contributed by atoms with van der Waals surface area (Å²) in [5.41, 5.74) is 1.36. The van der Waals surface area contributed by atoms with Crippen molar-refractivity contribution in [2.45, 2.75) is 13.3 Å². The average Bonchev–Trinajstić information content (AvgIpc) is 2.60. The Kier molecular flexibility index (Phi) is 5.57. The zero-order valence-corrected chi connectivity index (χ0v) is 12.6. The van der Waals surface area contributed by atoms with Crippen molar-refractivity contribution < 1.29 is 19.1 Å². The molecule has 0 unspecified atom stereocenters. The fourth-order valence-corrected chi connectivity index (χ4v) is 1.77. The second kappa shape index (κ2) is 7.84. The van der Waals surface area contributed by atoms with E-state index in [1.165, 1.54) is 24.5 Å². The smallest absolute Gasteiger partial charge is 0.338 e. The quantitative estimate of drug-likeness (QED) is 0.654. The van der Waals surface area contributed by atoms with E-state index >= 15 is 0 Å². The number of hydrogen-bond acceptors (Lipinski definition) is 5. The maximum Gasteiger partial charge on any atom is 0.338 e. The maximum absolute atomic E-state index is 12.0. The van der Waals surface area contributed by atoms with Gasteiger partial charge in [0.15, 0.2) is 12.4 Å². The molecule has 0 saturated carbocycles. The molecule has 23 heavy (non-hydrogen) atoms. The number of carbonyl (C=O) groups excluding carboxylic acids is 3. The highest BCUT2D eigenvalue weighted by Gasteiger charge is 2.11. The van der Waals surface area contributed by atoms with Gasteiger partial charge in [-0.25, -0.2) is 4.79 Å². The minimum Gasteiger partial charge on any atom is -0.454 e. The van der Waals surface area contributed by atoms with E-state index in [2.05, 4.69) is 10.3 Å². The molecular formula is C17H16N2O4. The van der Waals surface area contributed by atoms with Crippen LogP contribution in [0.2, 0.25) is 0 Å². The normalized spacial score (nSPS) is 9.96. The average molecular weight is 312 g/mol. The minimum absolute atomic E-state index is 0.102. The van der Waals surface area contributed by atoms with Gasteiger partial charge in [-0.05, 0) is 36.4 Å². The number of rotatable bonds is 6. The van der Waals surface area contributed by atoms with E-state index in [-0.39, 0.29) is 18.3 Å². The van der Waals surface area contributed by atoms with Gasteiger partial charge in [0.05, 0.1) is 5.56 Å². The Bertz CT molecular complexity index is 696. The van der Waals surface area contributed by atoms with Crippen LogP contribution in [-0.2, 0) is 9.53 Å². The van der Waals surface area contributed by atoms with Crippen molar-refractivity contribution in [3.05, 3.63) is 59.9 Å². The highest BCUT2D eigenvalue weighted by molar-refractivity contribution is 6.00. The molecule has 0 spiro atoms. The van der Waals surface area contributed by atoms with E-state index in [1.807, 2.05) is 0 Å². The number of ether oxygens (including phenoxy) is 1. The third-order valence-electron chi connectivity index (χ3n) is 3.06. The van der Waals surface area contributed by atoms with Gasteiger partial charge in [-0.1, -0.05) is 6.92 Å². The van der Waals surface area contributed by atoms with Gasteiger partial charge < -0.3 is 10.1 Å². The Morgan fingerprint density at radius 1 is 1.00 bits per heavy atom. The van der Waals surface area contributed by atoms with E-state index in [4.69, 9.17) is 4.74 Å². The Morgan fingerprint density at radius 2 is 1.65 bits per heavy atom. The number of Topliss-reactive ketones (excluding diaryl/α,β-unsaturated/α-hetero) is 1. The molecule has 0 aliphatic rings. The van der Waals surface area contributed by atoms with Crippen LogP contribution in [0, 0.1) is 0 Å². The molecule has 1 aromatic heterocycles. The Morgan fingerprint density at radius 3 is 2.26 bits per heavy atom. The van der Waals surface area contributed by atoms with E-state index in [0.717, 1.165) is 0 Å². The predicted molar refractivity (Wildman–Crippen MR) is 84.2 cm³/mol. The topological polar surface area (TPSA) is 85.4 Å². The van der Waals surface area contributed by atoms with Gasteiger partial charge in [0, 0.05) is 30.1 Å². The fraction of sp³-hybridized carbons (Fsp3) is 0.176. The molecule has 1 N–H and O–H groups in total. The van der Waals surface area contributed by atoms with E-state index in [1.54, 1.807) is 31.2 Å². The van der Waals surface area contributed by atoms with Gasteiger partial charge in [-0.2, -0.15) is 0 Å². The molecule has 0 aliphatic carbocycles. The fourth-order valence-electron chi connectivity index (χ4n) is 1.77. The van der Waals surface area contributed by atoms with Crippen LogP contribution in [-0.4, -0.2) is 29.3 Å². The molecule has 2 rings (SSSR count). The van der Waals surface area contributed by atoms with E-state index in [0.29, 0.717) is 23.2 Å². The molecule has 118 valence electrons. The third-order valence-corrected chi connectivity index (χ3v) is 3.06. The van der Waals surface area contributed by atoms with Gasteiger partial charge in [-0.15, -0.1) is 0 Å². The van der Waals surface area contributed by atoms with Gasteiger partial charge in [-0.3, -0.25) is 14.6 Å². The number of benzene rings is 1. The van der Waals surface area contributed by atoms with Crippen molar-refractivity contribution in [3.63, 3.8) is 0 Å². The lowest BCUT2D eigenvalue weighted by atomic mass is 10.1. The van der Waals surface area contributed by atoms with E-state index in [9.17, 15) is 14.4 Å². The number of nitrogens with zero attached hydrogens (tertiary/aromatic N) is 1. The van der Waals surface area contributed by atoms with Crippen molar-refractivity contribution in [1.29, 1.82) is 0 Å². The highest BCUT2D eigenvalue weighted by atomic mass is 16.5. The first-order valence-corrected chi connectivity index (χ1v) is 7.10. The Balaban J connectivity index is 1.91. The summed E-state index contributed by atoms with van der Waals surface area (Å²) in [7, 11) is 0. The van der Waals surface area contributed by atoms with Crippen LogP contribution < -0.4 is 5.32 Å². The third kappa shape index (κ3) is 4.74. The number of nitrogens with one attached hydrogen (secondary N) is 1. The summed E-state index contributed by atoms with van der Waals surface area (Å²) in [4.78, 5) is 38.8. The number of hydrogen-bond donors (Lipinski definition) is 1. The van der Waals surface area contributed by atoms with Crippen molar-refractivity contribution in [1.82, 2.24) is 4.98 Å². The number of ketones is 1. The van der Waals surface area contributed by atoms with Crippen molar-refractivity contribution in [2.24, 2.45) is 0 Å². The summed E-state index contributed by atoms with van der Waals surface area (Å²) in [6.07, 6.45) is 3.33. The van der Waals surface area contributed by atoms with Crippen molar-refractivity contribution in [2.75, 3.05) is 11.9 Å². The molecule has 6 heteroatoms. The predicted octanol–water partition coefficient (Wildman–Crippen LogP) is 2.47. The summed E-state index contributed by atoms with van der Waals surface area (Å²) in [6, 6.07) is 9.44. The van der Waals surface area contributed by atoms with E-state index < -0.39 is 5.97 Å². The first-order valence-electron chi connectivity index (χ1n) is 7.10. The monoisotopic (exact) mass is 312 g/mol. The summed E-state index contributed by atoms with van der Waals surface area (Å²) < 4.78 is 4.97. The molecule has 0 bridgehead atoms. The number of pyridine rings is 1. The number of aromatic nitrogens is 1. The second-order valence-electron chi connectivity index (χ2n) is 4.71. The van der Waals surface area contributed by atoms with Crippen LogP contribution in [0.15, 0.2) is 48.8 Å². The minimum atomic E-state index is -0.576. The molecule has 2 aromatic rings. The Labute approximate surface area is 133 Å². The van der Waals surface area contributed by atoms with Gasteiger partial charge in [0.25, 0.3) is 0 Å². The molecule has 1 amide bonds. The number of esters is 1. The lowest BCUT2D eigenvalue weighted by Gasteiger charge is -2.06. The van der Waals surface area contributed by atoms with Gasteiger partial charge >= 0.3 is 5.97 Å².